The third-order valence-electron chi connectivity index (χ3n) is 3.85. The molecule has 6 heteroatoms. The number of esters is 1. The number of ketones is 2. The van der Waals surface area contributed by atoms with E-state index in [1.54, 1.807) is 31.2 Å². The molecule has 0 bridgehead atoms. The Morgan fingerprint density at radius 3 is 2.46 bits per heavy atom. The average molecular weight is 353 g/mol. The van der Waals surface area contributed by atoms with Gasteiger partial charge in [-0.15, -0.1) is 0 Å². The molecule has 0 fully saturated rings. The molecule has 0 aliphatic heterocycles. The van der Waals surface area contributed by atoms with Gasteiger partial charge in [-0.3, -0.25) is 18.8 Å². The minimum Gasteiger partial charge on any atom is -0.466 e. The second-order valence-corrected chi connectivity index (χ2v) is 5.98. The van der Waals surface area contributed by atoms with Crippen LogP contribution in [-0.2, 0) is 20.7 Å². The van der Waals surface area contributed by atoms with Crippen LogP contribution >= 0.6 is 11.6 Å². The number of hydrogen-bond acceptors (Lipinski definition) is 4. The van der Waals surface area contributed by atoms with E-state index in [1.165, 1.54) is 0 Å². The van der Waals surface area contributed by atoms with Crippen molar-refractivity contribution in [3.63, 3.8) is 0 Å². The third kappa shape index (κ3) is 4.09. The van der Waals surface area contributed by atoms with E-state index in [-0.39, 0.29) is 36.5 Å². The fourth-order valence-corrected chi connectivity index (χ4v) is 3.00. The molecule has 1 aromatic carbocycles. The van der Waals surface area contributed by atoms with Gasteiger partial charge in [0.25, 0.3) is 0 Å². The summed E-state index contributed by atoms with van der Waals surface area (Å²) in [4.78, 5) is 36.6. The molecule has 24 heavy (non-hydrogen) atoms. The number of Topliss-reactive ketones (excluding diaryl/α,β-unsaturated/α-hetero) is 2. The number of carbonyl (C=O) groups is 3. The zero-order chi connectivity index (χ0) is 17.7. The topological polar surface area (TPSA) is 60.4 Å². The van der Waals surface area contributed by atoms with Gasteiger partial charge in [0.05, 0.1) is 24.8 Å². The summed E-state index contributed by atoms with van der Waals surface area (Å²) < 4.78 is 17.2. The molecule has 4 nitrogen and oxygen atoms in total. The van der Waals surface area contributed by atoms with Crippen LogP contribution in [0, 0.1) is 5.92 Å². The highest BCUT2D eigenvalue weighted by Gasteiger charge is 2.35. The van der Waals surface area contributed by atoms with E-state index in [0.717, 1.165) is 5.56 Å². The SMILES string of the molecule is CCOC(=O)C1CC(=O)C(C(=O)c2ccc(CCF)cc2)=C(Cl)C1. The maximum absolute atomic E-state index is 12.5. The lowest BCUT2D eigenvalue weighted by Gasteiger charge is -2.21. The fourth-order valence-electron chi connectivity index (χ4n) is 2.62. The van der Waals surface area contributed by atoms with Gasteiger partial charge in [0.15, 0.2) is 11.6 Å². The van der Waals surface area contributed by atoms with Crippen molar-refractivity contribution in [2.75, 3.05) is 13.3 Å². The summed E-state index contributed by atoms with van der Waals surface area (Å²) in [5, 5.41) is 0.0853. The monoisotopic (exact) mass is 352 g/mol. The molecule has 1 aliphatic carbocycles. The lowest BCUT2D eigenvalue weighted by atomic mass is 9.85. The van der Waals surface area contributed by atoms with Gasteiger partial charge in [-0.05, 0) is 18.9 Å². The first kappa shape index (κ1) is 18.3. The summed E-state index contributed by atoms with van der Waals surface area (Å²) in [5.41, 5.74) is 1.01. The number of allylic oxidation sites excluding steroid dienone is 2. The van der Waals surface area contributed by atoms with E-state index in [2.05, 4.69) is 0 Å². The van der Waals surface area contributed by atoms with Crippen LogP contribution in [0.15, 0.2) is 34.9 Å². The highest BCUT2D eigenvalue weighted by atomic mass is 35.5. The number of hydrogen-bond donors (Lipinski definition) is 0. The first-order valence-electron chi connectivity index (χ1n) is 7.76. The molecule has 1 atom stereocenters. The van der Waals surface area contributed by atoms with Gasteiger partial charge >= 0.3 is 5.97 Å². The number of carbonyl (C=O) groups excluding carboxylic acids is 3. The average Bonchev–Trinajstić information content (AvgIpc) is 2.55. The zero-order valence-corrected chi connectivity index (χ0v) is 14.1. The van der Waals surface area contributed by atoms with Crippen LogP contribution in [-0.4, -0.2) is 30.8 Å². The van der Waals surface area contributed by atoms with Crippen molar-refractivity contribution in [2.24, 2.45) is 5.92 Å². The molecular formula is C18H18ClFO4. The largest absolute Gasteiger partial charge is 0.466 e. The van der Waals surface area contributed by atoms with E-state index in [0.29, 0.717) is 5.56 Å². The van der Waals surface area contributed by atoms with Crippen LogP contribution in [0.2, 0.25) is 0 Å². The maximum Gasteiger partial charge on any atom is 0.309 e. The molecule has 0 heterocycles. The van der Waals surface area contributed by atoms with Gasteiger partial charge in [0.1, 0.15) is 0 Å². The minimum absolute atomic E-state index is 0.0737. The Morgan fingerprint density at radius 2 is 1.92 bits per heavy atom. The highest BCUT2D eigenvalue weighted by molar-refractivity contribution is 6.39. The van der Waals surface area contributed by atoms with Crippen molar-refractivity contribution >= 4 is 29.1 Å². The van der Waals surface area contributed by atoms with Crippen molar-refractivity contribution in [3.8, 4) is 0 Å². The molecule has 0 saturated carbocycles. The van der Waals surface area contributed by atoms with Gasteiger partial charge in [0, 0.05) is 23.4 Å². The van der Waals surface area contributed by atoms with Crippen LogP contribution in [0.5, 0.6) is 0 Å². The predicted molar refractivity (Wildman–Crippen MR) is 87.7 cm³/mol. The lowest BCUT2D eigenvalue weighted by molar-refractivity contribution is -0.149. The second kappa shape index (κ2) is 8.20. The zero-order valence-electron chi connectivity index (χ0n) is 13.3. The summed E-state index contributed by atoms with van der Waals surface area (Å²) in [5.74, 6) is -2.05. The molecule has 1 unspecified atom stereocenters. The van der Waals surface area contributed by atoms with Crippen molar-refractivity contribution in [2.45, 2.75) is 26.2 Å². The van der Waals surface area contributed by atoms with E-state index in [4.69, 9.17) is 16.3 Å². The fraction of sp³-hybridized carbons (Fsp3) is 0.389. The van der Waals surface area contributed by atoms with Gasteiger partial charge in [-0.25, -0.2) is 0 Å². The molecule has 0 aromatic heterocycles. The van der Waals surface area contributed by atoms with E-state index in [9.17, 15) is 18.8 Å². The molecule has 2 rings (SSSR count). The van der Waals surface area contributed by atoms with Gasteiger partial charge in [-0.1, -0.05) is 35.9 Å². The highest BCUT2D eigenvalue weighted by Crippen LogP contribution is 2.32. The number of ether oxygens (including phenoxy) is 1. The van der Waals surface area contributed by atoms with Crippen molar-refractivity contribution in [1.29, 1.82) is 0 Å². The van der Waals surface area contributed by atoms with E-state index < -0.39 is 30.1 Å². The van der Waals surface area contributed by atoms with Crippen LogP contribution in [0.25, 0.3) is 0 Å². The maximum atomic E-state index is 12.5. The number of benzene rings is 1. The van der Waals surface area contributed by atoms with Crippen molar-refractivity contribution in [1.82, 2.24) is 0 Å². The Labute approximate surface area is 144 Å². The molecule has 0 amide bonds. The van der Waals surface area contributed by atoms with Gasteiger partial charge in [0.2, 0.25) is 0 Å². The molecule has 0 radical (unpaired) electrons. The summed E-state index contributed by atoms with van der Waals surface area (Å²) in [6.45, 7) is 1.43. The number of alkyl halides is 1. The molecule has 0 saturated heterocycles. The number of aryl methyl sites for hydroxylation is 1. The number of rotatable bonds is 6. The Hall–Kier alpha value is -2.01. The Morgan fingerprint density at radius 1 is 1.25 bits per heavy atom. The van der Waals surface area contributed by atoms with Crippen LogP contribution < -0.4 is 0 Å². The normalized spacial score (nSPS) is 17.8. The predicted octanol–water partition coefficient (Wildman–Crippen LogP) is 3.42. The molecule has 1 aliphatic rings. The summed E-state index contributed by atoms with van der Waals surface area (Å²) in [6, 6.07) is 6.40. The van der Waals surface area contributed by atoms with Crippen LogP contribution in [0.1, 0.15) is 35.7 Å². The summed E-state index contributed by atoms with van der Waals surface area (Å²) in [6.07, 6.45) is 0.307. The van der Waals surface area contributed by atoms with Gasteiger partial charge in [-0.2, -0.15) is 0 Å². The third-order valence-corrected chi connectivity index (χ3v) is 4.20. The van der Waals surface area contributed by atoms with E-state index >= 15 is 0 Å². The summed E-state index contributed by atoms with van der Waals surface area (Å²) >= 11 is 6.12. The van der Waals surface area contributed by atoms with Crippen molar-refractivity contribution in [3.05, 3.63) is 46.0 Å². The first-order chi connectivity index (χ1) is 11.5. The minimum atomic E-state index is -0.645. The standard InChI is InChI=1S/C18H18ClFO4/c1-2-24-18(23)13-9-14(19)16(15(21)10-13)17(22)12-5-3-11(4-6-12)7-8-20/h3-6,13H,2,7-10H2,1H3. The van der Waals surface area contributed by atoms with Crippen LogP contribution in [0.4, 0.5) is 4.39 Å². The molecular weight excluding hydrogens is 335 g/mol. The van der Waals surface area contributed by atoms with E-state index in [1.807, 2.05) is 0 Å². The Balaban J connectivity index is 2.20. The lowest BCUT2D eigenvalue weighted by Crippen LogP contribution is -2.28. The summed E-state index contributed by atoms with van der Waals surface area (Å²) in [7, 11) is 0. The smallest absolute Gasteiger partial charge is 0.309 e. The molecule has 1 aromatic rings. The Bertz CT molecular complexity index is 679. The van der Waals surface area contributed by atoms with Crippen molar-refractivity contribution < 1.29 is 23.5 Å². The first-order valence-corrected chi connectivity index (χ1v) is 8.13. The molecule has 0 spiro atoms. The second-order valence-electron chi connectivity index (χ2n) is 5.53. The van der Waals surface area contributed by atoms with Crippen LogP contribution in [0.3, 0.4) is 0 Å². The molecule has 128 valence electrons. The quantitative estimate of drug-likeness (QED) is 0.447. The number of halogens is 2. The molecule has 0 N–H and O–H groups in total. The van der Waals surface area contributed by atoms with Gasteiger partial charge < -0.3 is 4.74 Å². The Kier molecular flexibility index (Phi) is 6.26.